The average molecular weight is 310 g/mol. The summed E-state index contributed by atoms with van der Waals surface area (Å²) in [4.78, 5) is 0. The van der Waals surface area contributed by atoms with Crippen molar-refractivity contribution in [2.45, 2.75) is 20.8 Å². The Morgan fingerprint density at radius 2 is 1.41 bits per heavy atom. The monoisotopic (exact) mass is 310 g/mol. The molecule has 0 unspecified atom stereocenters. The average Bonchev–Trinajstić information content (AvgIpc) is 2.26. The molecule has 0 amide bonds. The molecule has 0 bridgehead atoms. The second-order valence-electron chi connectivity index (χ2n) is 4.28. The number of aryl methyl sites for hydroxylation is 3. The quantitative estimate of drug-likeness (QED) is 0.748. The molecule has 0 radical (unpaired) electrons. The molecule has 2 heteroatoms. The fraction of sp³-hybridized carbons (Fsp3) is 0.200. The molecule has 0 aromatic heterocycles. The zero-order valence-corrected chi connectivity index (χ0v) is 12.7. The first-order chi connectivity index (χ1) is 8.06. The van der Waals surface area contributed by atoms with E-state index in [0.29, 0.717) is 15.0 Å². The molecule has 17 heavy (non-hydrogen) atoms. The van der Waals surface area contributed by atoms with E-state index in [2.05, 4.69) is 45.0 Å². The van der Waals surface area contributed by atoms with Crippen LogP contribution in [0.2, 0.25) is 5.02 Å². The number of rotatable bonds is 2. The first kappa shape index (κ1) is 12.7. The van der Waals surface area contributed by atoms with E-state index in [1.165, 1.54) is 25.6 Å². The Labute approximate surface area is 114 Å². The van der Waals surface area contributed by atoms with E-state index in [1.807, 2.05) is 12.1 Å². The molecule has 0 spiro atoms. The molecule has 0 atom stereocenters. The van der Waals surface area contributed by atoms with Gasteiger partial charge in [-0.3, -0.25) is 0 Å². The minimum atomic E-state index is 0.368. The Morgan fingerprint density at radius 3 is 1.94 bits per heavy atom. The predicted octanol–water partition coefficient (Wildman–Crippen LogP) is 2.92. The summed E-state index contributed by atoms with van der Waals surface area (Å²) in [5, 5.41) is 0.807. The van der Waals surface area contributed by atoms with Gasteiger partial charge in [-0.25, -0.2) is 0 Å². The number of halogens is 1. The molecule has 0 saturated heterocycles. The van der Waals surface area contributed by atoms with E-state index >= 15 is 0 Å². The van der Waals surface area contributed by atoms with Crippen LogP contribution in [0.25, 0.3) is 0 Å². The van der Waals surface area contributed by atoms with E-state index in [4.69, 9.17) is 11.6 Å². The molecule has 0 saturated carbocycles. The van der Waals surface area contributed by atoms with Crippen LogP contribution >= 0.6 is 11.6 Å². The van der Waals surface area contributed by atoms with Crippen molar-refractivity contribution >= 4 is 35.5 Å². The summed E-state index contributed by atoms with van der Waals surface area (Å²) in [5.74, 6) is 0. The Hall–Kier alpha value is -0.751. The third-order valence-corrected chi connectivity index (χ3v) is 5.74. The van der Waals surface area contributed by atoms with Crippen LogP contribution in [0.4, 0.5) is 0 Å². The van der Waals surface area contributed by atoms with Gasteiger partial charge in [-0.15, -0.1) is 0 Å². The van der Waals surface area contributed by atoms with E-state index in [1.54, 1.807) is 0 Å². The van der Waals surface area contributed by atoms with Gasteiger partial charge in [0.15, 0.2) is 0 Å². The summed E-state index contributed by atoms with van der Waals surface area (Å²) in [6.45, 7) is 6.55. The minimum absolute atomic E-state index is 0.368. The molecule has 2 rings (SSSR count). The van der Waals surface area contributed by atoms with Gasteiger partial charge in [-0.1, -0.05) is 0 Å². The van der Waals surface area contributed by atoms with Crippen molar-refractivity contribution in [2.24, 2.45) is 0 Å². The van der Waals surface area contributed by atoms with Crippen molar-refractivity contribution in [3.63, 3.8) is 0 Å². The van der Waals surface area contributed by atoms with Gasteiger partial charge in [-0.05, 0) is 0 Å². The number of benzene rings is 2. The van der Waals surface area contributed by atoms with Crippen molar-refractivity contribution in [1.29, 1.82) is 0 Å². The third-order valence-electron chi connectivity index (χ3n) is 2.64. The van der Waals surface area contributed by atoms with Crippen molar-refractivity contribution in [3.8, 4) is 0 Å². The molecule has 0 aliphatic heterocycles. The maximum atomic E-state index is 5.90. The van der Waals surface area contributed by atoms with Gasteiger partial charge in [0.25, 0.3) is 0 Å². The first-order valence-corrected chi connectivity index (χ1v) is 7.66. The number of hydrogen-bond acceptors (Lipinski definition) is 0. The van der Waals surface area contributed by atoms with Crippen LogP contribution in [0.1, 0.15) is 16.7 Å². The van der Waals surface area contributed by atoms with Crippen LogP contribution in [-0.2, 0) is 0 Å². The van der Waals surface area contributed by atoms with Gasteiger partial charge < -0.3 is 0 Å². The van der Waals surface area contributed by atoms with Crippen LogP contribution in [-0.4, -0.2) is 15.0 Å². The van der Waals surface area contributed by atoms with Gasteiger partial charge in [0.2, 0.25) is 0 Å². The Morgan fingerprint density at radius 1 is 0.882 bits per heavy atom. The Kier molecular flexibility index (Phi) is 3.93. The molecule has 0 aliphatic rings. The summed E-state index contributed by atoms with van der Waals surface area (Å²) in [7, 11) is 0. The molecule has 0 aliphatic carbocycles. The zero-order valence-electron chi connectivity index (χ0n) is 10.3. The van der Waals surface area contributed by atoms with Gasteiger partial charge in [0.1, 0.15) is 0 Å². The molecular weight excluding hydrogens is 295 g/mol. The van der Waals surface area contributed by atoms with Crippen molar-refractivity contribution in [1.82, 2.24) is 0 Å². The number of hydrogen-bond donors (Lipinski definition) is 0. The molecule has 0 N–H and O–H groups in total. The van der Waals surface area contributed by atoms with Gasteiger partial charge in [0, 0.05) is 0 Å². The van der Waals surface area contributed by atoms with Gasteiger partial charge in [-0.2, -0.15) is 0 Å². The fourth-order valence-corrected chi connectivity index (χ4v) is 4.06. The molecule has 0 heterocycles. The van der Waals surface area contributed by atoms with Crippen LogP contribution in [0.5, 0.6) is 0 Å². The van der Waals surface area contributed by atoms with E-state index in [-0.39, 0.29) is 0 Å². The molecule has 0 nitrogen and oxygen atoms in total. The fourth-order valence-electron chi connectivity index (χ4n) is 1.95. The van der Waals surface area contributed by atoms with Crippen LogP contribution in [0.15, 0.2) is 36.4 Å². The Bertz CT molecular complexity index is 506. The summed E-state index contributed by atoms with van der Waals surface area (Å²) in [6, 6.07) is 12.7. The molecule has 2 aromatic carbocycles. The molecule has 2 aromatic rings. The maximum absolute atomic E-state index is 5.90. The zero-order chi connectivity index (χ0) is 12.4. The normalized spacial score (nSPS) is 10.6. The van der Waals surface area contributed by atoms with Crippen LogP contribution in [0.3, 0.4) is 0 Å². The molecule has 88 valence electrons. The molecular formula is C15H15ClSe. The SMILES string of the molecule is Cc1cc(C)c([Se]c2ccc(Cl)cc2)c(C)c1. The van der Waals surface area contributed by atoms with Gasteiger partial charge >= 0.3 is 114 Å². The summed E-state index contributed by atoms with van der Waals surface area (Å²) < 4.78 is 2.86. The first-order valence-electron chi connectivity index (χ1n) is 5.57. The van der Waals surface area contributed by atoms with E-state index in [9.17, 15) is 0 Å². The topological polar surface area (TPSA) is 0 Å². The van der Waals surface area contributed by atoms with Crippen molar-refractivity contribution in [2.75, 3.05) is 0 Å². The molecule has 0 fully saturated rings. The van der Waals surface area contributed by atoms with Crippen molar-refractivity contribution in [3.05, 3.63) is 58.1 Å². The van der Waals surface area contributed by atoms with Crippen LogP contribution < -0.4 is 8.92 Å². The second kappa shape index (κ2) is 5.27. The second-order valence-corrected chi connectivity index (χ2v) is 6.99. The van der Waals surface area contributed by atoms with Gasteiger partial charge in [0.05, 0.1) is 0 Å². The summed E-state index contributed by atoms with van der Waals surface area (Å²) in [5.41, 5.74) is 4.14. The van der Waals surface area contributed by atoms with Crippen LogP contribution in [0, 0.1) is 20.8 Å². The van der Waals surface area contributed by atoms with E-state index < -0.39 is 0 Å². The summed E-state index contributed by atoms with van der Waals surface area (Å²) in [6.07, 6.45) is 0. The Balaban J connectivity index is 2.33. The van der Waals surface area contributed by atoms with E-state index in [0.717, 1.165) is 5.02 Å². The standard InChI is InChI=1S/C15H15ClSe/c1-10-8-11(2)15(12(3)9-10)17-14-6-4-13(16)5-7-14/h4-9H,1-3H3. The van der Waals surface area contributed by atoms with Crippen molar-refractivity contribution < 1.29 is 0 Å². The summed E-state index contributed by atoms with van der Waals surface area (Å²) >= 11 is 6.27. The predicted molar refractivity (Wildman–Crippen MR) is 77.1 cm³/mol. The third kappa shape index (κ3) is 3.13.